The highest BCUT2D eigenvalue weighted by Gasteiger charge is 2.04. The van der Waals surface area contributed by atoms with Crippen molar-refractivity contribution < 1.29 is 9.18 Å². The molecule has 0 aliphatic carbocycles. The summed E-state index contributed by atoms with van der Waals surface area (Å²) in [5.74, 6) is -0.529. The number of carbonyl (C=O) groups is 1. The van der Waals surface area contributed by atoms with Gasteiger partial charge in [0.2, 0.25) is 0 Å². The molecule has 0 radical (unpaired) electrons. The molecule has 0 aliphatic rings. The topological polar surface area (TPSA) is 90.9 Å². The summed E-state index contributed by atoms with van der Waals surface area (Å²) in [5, 5.41) is 13.7. The summed E-state index contributed by atoms with van der Waals surface area (Å²) in [6.07, 6.45) is 0. The zero-order valence-corrected chi connectivity index (χ0v) is 10.4. The van der Waals surface area contributed by atoms with Crippen molar-refractivity contribution in [3.8, 4) is 6.07 Å². The Hall–Kier alpha value is -3.07. The first-order chi connectivity index (χ1) is 9.56. The van der Waals surface area contributed by atoms with Crippen LogP contribution in [0.25, 0.3) is 0 Å². The second kappa shape index (κ2) is 5.71. The summed E-state index contributed by atoms with van der Waals surface area (Å²) >= 11 is 0. The van der Waals surface area contributed by atoms with E-state index in [1.807, 2.05) is 6.07 Å². The quantitative estimate of drug-likeness (QED) is 0.733. The molecule has 0 atom stereocenters. The zero-order valence-electron chi connectivity index (χ0n) is 10.4. The van der Waals surface area contributed by atoms with Gasteiger partial charge in [-0.05, 0) is 42.5 Å². The molecule has 0 fully saturated rings. The smallest absolute Gasteiger partial charge is 0.323 e. The number of urea groups is 1. The van der Waals surface area contributed by atoms with E-state index >= 15 is 0 Å². The molecule has 0 bridgehead atoms. The normalized spacial score (nSPS) is 9.60. The Morgan fingerprint density at radius 3 is 2.35 bits per heavy atom. The van der Waals surface area contributed by atoms with Crippen LogP contribution in [0.1, 0.15) is 5.56 Å². The monoisotopic (exact) mass is 270 g/mol. The molecule has 0 heterocycles. The maximum absolute atomic E-state index is 13.1. The van der Waals surface area contributed by atoms with Crippen LogP contribution in [0.15, 0.2) is 42.5 Å². The molecule has 0 aromatic heterocycles. The number of halogens is 1. The number of nitrogens with zero attached hydrogens (tertiary/aromatic N) is 1. The molecule has 100 valence electrons. The minimum Gasteiger partial charge on any atom is -0.399 e. The van der Waals surface area contributed by atoms with Crippen molar-refractivity contribution in [2.45, 2.75) is 0 Å². The van der Waals surface area contributed by atoms with E-state index in [1.165, 1.54) is 6.07 Å². The third-order valence-corrected chi connectivity index (χ3v) is 2.45. The van der Waals surface area contributed by atoms with Crippen LogP contribution in [0, 0.1) is 17.1 Å². The number of nitriles is 1. The van der Waals surface area contributed by atoms with E-state index in [4.69, 9.17) is 11.0 Å². The van der Waals surface area contributed by atoms with Gasteiger partial charge >= 0.3 is 6.03 Å². The highest BCUT2D eigenvalue weighted by Crippen LogP contribution is 2.16. The van der Waals surface area contributed by atoms with Crippen molar-refractivity contribution >= 4 is 23.1 Å². The average molecular weight is 270 g/mol. The van der Waals surface area contributed by atoms with Gasteiger partial charge in [0, 0.05) is 17.1 Å². The number of nitrogens with two attached hydrogens (primary N) is 1. The molecule has 20 heavy (non-hydrogen) atoms. The molecule has 2 aromatic rings. The molecule has 2 aromatic carbocycles. The van der Waals surface area contributed by atoms with Crippen LogP contribution in [-0.4, -0.2) is 6.03 Å². The predicted octanol–water partition coefficient (Wildman–Crippen LogP) is 2.92. The highest BCUT2D eigenvalue weighted by atomic mass is 19.1. The van der Waals surface area contributed by atoms with Gasteiger partial charge in [0.25, 0.3) is 0 Å². The lowest BCUT2D eigenvalue weighted by molar-refractivity contribution is 0.262. The molecule has 0 aliphatic heterocycles. The van der Waals surface area contributed by atoms with Crippen LogP contribution in [0.3, 0.4) is 0 Å². The second-order valence-corrected chi connectivity index (χ2v) is 4.04. The van der Waals surface area contributed by atoms with Crippen molar-refractivity contribution in [1.82, 2.24) is 0 Å². The first-order valence-corrected chi connectivity index (χ1v) is 5.71. The van der Waals surface area contributed by atoms with Crippen LogP contribution in [-0.2, 0) is 0 Å². The highest BCUT2D eigenvalue weighted by molar-refractivity contribution is 6.00. The van der Waals surface area contributed by atoms with Crippen molar-refractivity contribution in [3.05, 3.63) is 53.8 Å². The molecule has 0 spiro atoms. The number of nitrogens with one attached hydrogen (secondary N) is 2. The minimum absolute atomic E-state index is 0.221. The van der Waals surface area contributed by atoms with Crippen molar-refractivity contribution in [3.63, 3.8) is 0 Å². The van der Waals surface area contributed by atoms with E-state index in [2.05, 4.69) is 10.6 Å². The van der Waals surface area contributed by atoms with Gasteiger partial charge in [0.1, 0.15) is 5.82 Å². The summed E-state index contributed by atoms with van der Waals surface area (Å²) in [7, 11) is 0. The van der Waals surface area contributed by atoms with Gasteiger partial charge in [-0.1, -0.05) is 0 Å². The number of carbonyl (C=O) groups excluding carboxylic acids is 1. The Balaban J connectivity index is 2.03. The Kier molecular flexibility index (Phi) is 3.82. The van der Waals surface area contributed by atoms with Crippen LogP contribution in [0.5, 0.6) is 0 Å². The van der Waals surface area contributed by atoms with Gasteiger partial charge in [-0.15, -0.1) is 0 Å². The summed E-state index contributed by atoms with van der Waals surface area (Å²) in [6.45, 7) is 0. The Morgan fingerprint density at radius 2 is 1.75 bits per heavy atom. The predicted molar refractivity (Wildman–Crippen MR) is 74.6 cm³/mol. The lowest BCUT2D eigenvalue weighted by atomic mass is 10.2. The first-order valence-electron chi connectivity index (χ1n) is 5.71. The van der Waals surface area contributed by atoms with E-state index in [0.29, 0.717) is 11.3 Å². The molecule has 2 amide bonds. The molecule has 0 saturated heterocycles. The summed E-state index contributed by atoms with van der Waals surface area (Å²) < 4.78 is 13.1. The minimum atomic E-state index is -0.529. The molecule has 4 N–H and O–H groups in total. The number of benzene rings is 2. The number of amides is 2. The summed E-state index contributed by atoms with van der Waals surface area (Å²) in [6, 6.07) is 11.6. The maximum Gasteiger partial charge on any atom is 0.323 e. The molecular weight excluding hydrogens is 259 g/mol. The molecule has 5 nitrogen and oxygen atoms in total. The fourth-order valence-electron chi connectivity index (χ4n) is 1.61. The number of hydrogen-bond donors (Lipinski definition) is 3. The molecule has 0 saturated carbocycles. The number of anilines is 3. The van der Waals surface area contributed by atoms with E-state index in [9.17, 15) is 9.18 Å². The van der Waals surface area contributed by atoms with Crippen LogP contribution < -0.4 is 16.4 Å². The standard InChI is InChI=1S/C14H11FN4O/c15-10-5-11(17)7-13(6-10)19-14(20)18-12-3-1-9(8-16)2-4-12/h1-7H,17H2,(H2,18,19,20). The van der Waals surface area contributed by atoms with E-state index in [-0.39, 0.29) is 11.4 Å². The number of hydrogen-bond acceptors (Lipinski definition) is 3. The molecule has 2 rings (SSSR count). The number of rotatable bonds is 2. The van der Waals surface area contributed by atoms with Gasteiger partial charge in [0.15, 0.2) is 0 Å². The average Bonchev–Trinajstić information content (AvgIpc) is 2.38. The van der Waals surface area contributed by atoms with Gasteiger partial charge in [-0.3, -0.25) is 0 Å². The fraction of sp³-hybridized carbons (Fsp3) is 0. The van der Waals surface area contributed by atoms with Gasteiger partial charge in [-0.2, -0.15) is 5.26 Å². The van der Waals surface area contributed by atoms with E-state index in [0.717, 1.165) is 12.1 Å². The number of nitrogen functional groups attached to an aromatic ring is 1. The van der Waals surface area contributed by atoms with Crippen molar-refractivity contribution in [2.75, 3.05) is 16.4 Å². The third kappa shape index (κ3) is 3.46. The second-order valence-electron chi connectivity index (χ2n) is 4.04. The molecule has 0 unspecified atom stereocenters. The van der Waals surface area contributed by atoms with Crippen LogP contribution >= 0.6 is 0 Å². The third-order valence-electron chi connectivity index (χ3n) is 2.45. The van der Waals surface area contributed by atoms with Gasteiger partial charge < -0.3 is 16.4 Å². The van der Waals surface area contributed by atoms with E-state index < -0.39 is 11.8 Å². The summed E-state index contributed by atoms with van der Waals surface area (Å²) in [5.41, 5.74) is 6.97. The van der Waals surface area contributed by atoms with Crippen molar-refractivity contribution in [1.29, 1.82) is 5.26 Å². The zero-order chi connectivity index (χ0) is 14.5. The Morgan fingerprint density at radius 1 is 1.10 bits per heavy atom. The fourth-order valence-corrected chi connectivity index (χ4v) is 1.61. The van der Waals surface area contributed by atoms with Gasteiger partial charge in [-0.25, -0.2) is 9.18 Å². The Bertz CT molecular complexity index is 656. The van der Waals surface area contributed by atoms with Crippen molar-refractivity contribution in [2.24, 2.45) is 0 Å². The van der Waals surface area contributed by atoms with Crippen LogP contribution in [0.4, 0.5) is 26.2 Å². The van der Waals surface area contributed by atoms with Crippen LogP contribution in [0.2, 0.25) is 0 Å². The molecular formula is C14H11FN4O. The maximum atomic E-state index is 13.1. The lowest BCUT2D eigenvalue weighted by Crippen LogP contribution is -2.19. The first kappa shape index (κ1) is 13.4. The van der Waals surface area contributed by atoms with E-state index in [1.54, 1.807) is 24.3 Å². The molecule has 6 heteroatoms. The van der Waals surface area contributed by atoms with Gasteiger partial charge in [0.05, 0.1) is 11.6 Å². The summed E-state index contributed by atoms with van der Waals surface area (Å²) in [4.78, 5) is 11.7. The lowest BCUT2D eigenvalue weighted by Gasteiger charge is -2.08. The SMILES string of the molecule is N#Cc1ccc(NC(=O)Nc2cc(N)cc(F)c2)cc1. The largest absolute Gasteiger partial charge is 0.399 e. The Labute approximate surface area is 114 Å².